The lowest BCUT2D eigenvalue weighted by Crippen LogP contribution is -2.50. The zero-order valence-corrected chi connectivity index (χ0v) is 21.2. The topological polar surface area (TPSA) is 104 Å². The minimum absolute atomic E-state index is 0.0262. The van der Waals surface area contributed by atoms with Gasteiger partial charge in [0.15, 0.2) is 5.13 Å². The van der Waals surface area contributed by atoms with Crippen molar-refractivity contribution in [2.24, 2.45) is 0 Å². The lowest BCUT2D eigenvalue weighted by atomic mass is 10.1. The highest BCUT2D eigenvalue weighted by atomic mass is 32.2. The minimum atomic E-state index is -0.158. The molecule has 2 aromatic rings. The molecule has 0 unspecified atom stereocenters. The third-order valence-corrected chi connectivity index (χ3v) is 8.22. The molecule has 1 aromatic heterocycles. The molecule has 11 heteroatoms. The number of hydrogen-bond acceptors (Lipinski definition) is 8. The van der Waals surface area contributed by atoms with Crippen LogP contribution in [-0.2, 0) is 9.59 Å². The van der Waals surface area contributed by atoms with Crippen LogP contribution in [0.4, 0.5) is 5.13 Å². The molecule has 0 radical (unpaired) electrons. The van der Waals surface area contributed by atoms with Crippen molar-refractivity contribution in [2.75, 3.05) is 45.2 Å². The molecule has 2 N–H and O–H groups in total. The minimum Gasteiger partial charge on any atom is -0.496 e. The van der Waals surface area contributed by atoms with E-state index in [4.69, 9.17) is 4.74 Å². The molecule has 3 heterocycles. The molecular weight excluding hydrogens is 474 g/mol. The quantitative estimate of drug-likeness (QED) is 0.625. The van der Waals surface area contributed by atoms with Crippen molar-refractivity contribution < 1.29 is 19.1 Å². The number of methoxy groups -OCH3 is 1. The van der Waals surface area contributed by atoms with Gasteiger partial charge in [0.25, 0.3) is 5.91 Å². The van der Waals surface area contributed by atoms with Crippen molar-refractivity contribution in [3.8, 4) is 5.75 Å². The third kappa shape index (κ3) is 5.53. The zero-order chi connectivity index (χ0) is 24.2. The molecule has 0 bridgehead atoms. The van der Waals surface area contributed by atoms with E-state index in [9.17, 15) is 14.4 Å². The Balaban J connectivity index is 1.47. The average molecular weight is 504 g/mol. The number of anilines is 1. The van der Waals surface area contributed by atoms with Gasteiger partial charge < -0.3 is 25.2 Å². The van der Waals surface area contributed by atoms with E-state index in [2.05, 4.69) is 15.6 Å². The van der Waals surface area contributed by atoms with Gasteiger partial charge in [0.1, 0.15) is 5.75 Å². The first-order chi connectivity index (χ1) is 16.4. The number of hydrogen-bond donors (Lipinski definition) is 2. The van der Waals surface area contributed by atoms with Gasteiger partial charge in [-0.25, -0.2) is 4.98 Å². The van der Waals surface area contributed by atoms with Crippen LogP contribution in [0.2, 0.25) is 0 Å². The van der Waals surface area contributed by atoms with E-state index in [0.29, 0.717) is 42.6 Å². The molecule has 0 saturated carbocycles. The van der Waals surface area contributed by atoms with Gasteiger partial charge in [0.05, 0.1) is 29.1 Å². The molecule has 4 rings (SSSR count). The van der Waals surface area contributed by atoms with E-state index < -0.39 is 0 Å². The van der Waals surface area contributed by atoms with E-state index in [1.165, 1.54) is 23.1 Å². The van der Waals surface area contributed by atoms with E-state index in [-0.39, 0.29) is 23.8 Å². The van der Waals surface area contributed by atoms with Crippen LogP contribution in [0.15, 0.2) is 27.4 Å². The number of aryl methyl sites for hydroxylation is 1. The average Bonchev–Trinajstić information content (AvgIpc) is 3.52. The first-order valence-corrected chi connectivity index (χ1v) is 12.9. The molecule has 2 aliphatic rings. The maximum atomic E-state index is 13.3. The van der Waals surface area contributed by atoms with E-state index in [1.54, 1.807) is 30.0 Å². The van der Waals surface area contributed by atoms with Crippen molar-refractivity contribution in [3.05, 3.63) is 29.5 Å². The number of nitrogens with one attached hydrogen (secondary N) is 2. The molecular formula is C23H29N5O4S2. The highest BCUT2D eigenvalue weighted by Gasteiger charge is 2.26. The normalized spacial score (nSPS) is 18.1. The number of thiazole rings is 1. The second-order valence-corrected chi connectivity index (χ2v) is 10.7. The number of benzene rings is 1. The molecule has 9 nitrogen and oxygen atoms in total. The maximum absolute atomic E-state index is 13.3. The molecule has 1 atom stereocenters. The van der Waals surface area contributed by atoms with Crippen LogP contribution in [0.1, 0.15) is 35.7 Å². The Morgan fingerprint density at radius 1 is 1.21 bits per heavy atom. The molecule has 0 aliphatic carbocycles. The number of amides is 3. The highest BCUT2D eigenvalue weighted by molar-refractivity contribution is 8.01. The Labute approximate surface area is 207 Å². The van der Waals surface area contributed by atoms with E-state index >= 15 is 0 Å². The molecule has 2 saturated heterocycles. The summed E-state index contributed by atoms with van der Waals surface area (Å²) in [4.78, 5) is 46.0. The van der Waals surface area contributed by atoms with Crippen LogP contribution in [0.5, 0.6) is 5.75 Å². The summed E-state index contributed by atoms with van der Waals surface area (Å²) in [6, 6.07) is 3.57. The van der Waals surface area contributed by atoms with Crippen molar-refractivity contribution in [1.82, 2.24) is 20.1 Å². The third-order valence-electron chi connectivity index (χ3n) is 6.04. The van der Waals surface area contributed by atoms with Crippen LogP contribution in [-0.4, -0.2) is 78.4 Å². The Bertz CT molecular complexity index is 1080. The molecule has 0 spiro atoms. The van der Waals surface area contributed by atoms with Gasteiger partial charge in [-0.2, -0.15) is 0 Å². The molecule has 2 aliphatic heterocycles. The summed E-state index contributed by atoms with van der Waals surface area (Å²) in [7, 11) is 1.56. The van der Waals surface area contributed by atoms with Gasteiger partial charge in [0, 0.05) is 38.0 Å². The van der Waals surface area contributed by atoms with E-state index in [0.717, 1.165) is 34.1 Å². The smallest absolute Gasteiger partial charge is 0.257 e. The number of ether oxygens (including phenoxy) is 1. The summed E-state index contributed by atoms with van der Waals surface area (Å²) >= 11 is 2.91. The molecule has 3 amide bonds. The Morgan fingerprint density at radius 2 is 1.94 bits per heavy atom. The number of rotatable bonds is 6. The van der Waals surface area contributed by atoms with Crippen molar-refractivity contribution in [1.29, 1.82) is 0 Å². The van der Waals surface area contributed by atoms with Crippen LogP contribution in [0, 0.1) is 6.92 Å². The lowest BCUT2D eigenvalue weighted by molar-refractivity contribution is -0.130. The number of nitrogens with zero attached hydrogens (tertiary/aromatic N) is 3. The maximum Gasteiger partial charge on any atom is 0.257 e. The van der Waals surface area contributed by atoms with Crippen LogP contribution in [0.25, 0.3) is 0 Å². The van der Waals surface area contributed by atoms with Gasteiger partial charge in [0.2, 0.25) is 11.8 Å². The second kappa shape index (κ2) is 10.7. The molecule has 2 fully saturated rings. The Kier molecular flexibility index (Phi) is 7.74. The van der Waals surface area contributed by atoms with Crippen molar-refractivity contribution in [3.63, 3.8) is 0 Å². The molecule has 34 heavy (non-hydrogen) atoms. The number of aromatic nitrogens is 1. The van der Waals surface area contributed by atoms with Crippen LogP contribution >= 0.6 is 23.1 Å². The van der Waals surface area contributed by atoms with Crippen LogP contribution in [0.3, 0.4) is 0 Å². The Hall–Kier alpha value is -2.63. The standard InChI is InChI=1S/C23H29N5O4S2/c1-14-11-18(32-3)16(22(31)28-9-7-27(8-10-28)15(2)29)12-19(14)33-20-13-25-23(34-20)26-21(30)17-5-4-6-24-17/h11-13,17,24H,4-10H2,1-3H3,(H,25,26,30)/t17-/m0/s1. The number of piperazine rings is 1. The van der Waals surface area contributed by atoms with Gasteiger partial charge in [-0.05, 0) is 44.0 Å². The Morgan fingerprint density at radius 3 is 2.59 bits per heavy atom. The fraction of sp³-hybridized carbons (Fsp3) is 0.478. The van der Waals surface area contributed by atoms with Crippen LogP contribution < -0.4 is 15.4 Å². The monoisotopic (exact) mass is 503 g/mol. The summed E-state index contributed by atoms with van der Waals surface area (Å²) in [5, 5.41) is 6.64. The number of carbonyl (C=O) groups excluding carboxylic acids is 3. The summed E-state index contributed by atoms with van der Waals surface area (Å²) in [5.74, 6) is 0.394. The fourth-order valence-electron chi connectivity index (χ4n) is 4.08. The summed E-state index contributed by atoms with van der Waals surface area (Å²) in [6.45, 7) is 6.43. The van der Waals surface area contributed by atoms with Gasteiger partial charge in [-0.15, -0.1) is 0 Å². The largest absolute Gasteiger partial charge is 0.496 e. The van der Waals surface area contributed by atoms with Gasteiger partial charge in [-0.1, -0.05) is 23.1 Å². The summed E-state index contributed by atoms with van der Waals surface area (Å²) in [6.07, 6.45) is 3.57. The van der Waals surface area contributed by atoms with E-state index in [1.807, 2.05) is 19.1 Å². The molecule has 1 aromatic carbocycles. The number of carbonyl (C=O) groups is 3. The zero-order valence-electron chi connectivity index (χ0n) is 19.6. The fourth-order valence-corrected chi connectivity index (χ4v) is 6.02. The summed E-state index contributed by atoms with van der Waals surface area (Å²) in [5.41, 5.74) is 1.48. The van der Waals surface area contributed by atoms with Crippen molar-refractivity contribution in [2.45, 2.75) is 41.8 Å². The van der Waals surface area contributed by atoms with Gasteiger partial charge >= 0.3 is 0 Å². The highest BCUT2D eigenvalue weighted by Crippen LogP contribution is 2.38. The van der Waals surface area contributed by atoms with Crippen molar-refractivity contribution >= 4 is 46.0 Å². The predicted molar refractivity (Wildman–Crippen MR) is 132 cm³/mol. The summed E-state index contributed by atoms with van der Waals surface area (Å²) < 4.78 is 6.43. The SMILES string of the molecule is COc1cc(C)c(Sc2cnc(NC(=O)[C@@H]3CCCN3)s2)cc1C(=O)N1CCN(C(C)=O)CC1. The second-order valence-electron chi connectivity index (χ2n) is 8.34. The van der Waals surface area contributed by atoms with Gasteiger partial charge in [-0.3, -0.25) is 14.4 Å². The predicted octanol–water partition coefficient (Wildman–Crippen LogP) is 2.61. The first-order valence-electron chi connectivity index (χ1n) is 11.3. The first kappa shape index (κ1) is 24.5. The molecule has 182 valence electrons. The lowest BCUT2D eigenvalue weighted by Gasteiger charge is -2.34.